The van der Waals surface area contributed by atoms with Crippen LogP contribution in [0.25, 0.3) is 0 Å². The fourth-order valence-electron chi connectivity index (χ4n) is 2.32. The second-order valence-electron chi connectivity index (χ2n) is 4.31. The van der Waals surface area contributed by atoms with Gasteiger partial charge in [-0.3, -0.25) is 4.90 Å². The van der Waals surface area contributed by atoms with Crippen molar-refractivity contribution in [3.05, 3.63) is 34.9 Å². The summed E-state index contributed by atoms with van der Waals surface area (Å²) in [5.74, 6) is 0. The molecule has 0 amide bonds. The minimum Gasteiger partial charge on any atom is -0.327 e. The van der Waals surface area contributed by atoms with E-state index in [4.69, 9.17) is 17.3 Å². The SMILES string of the molecule is CN1CC(N)CCC1c1ccccc1Cl. The molecular formula is C12H17ClN2. The highest BCUT2D eigenvalue weighted by Crippen LogP contribution is 2.33. The zero-order valence-corrected chi connectivity index (χ0v) is 9.74. The highest BCUT2D eigenvalue weighted by atomic mass is 35.5. The number of nitrogens with zero attached hydrogens (tertiary/aromatic N) is 1. The molecule has 2 N–H and O–H groups in total. The molecular weight excluding hydrogens is 208 g/mol. The summed E-state index contributed by atoms with van der Waals surface area (Å²) in [7, 11) is 2.12. The molecule has 0 spiro atoms. The van der Waals surface area contributed by atoms with Gasteiger partial charge in [0, 0.05) is 23.7 Å². The monoisotopic (exact) mass is 224 g/mol. The van der Waals surface area contributed by atoms with Crippen molar-refractivity contribution in [2.45, 2.75) is 24.9 Å². The first kappa shape index (κ1) is 10.9. The molecule has 1 fully saturated rings. The van der Waals surface area contributed by atoms with E-state index in [0.717, 1.165) is 24.4 Å². The topological polar surface area (TPSA) is 29.3 Å². The quantitative estimate of drug-likeness (QED) is 0.794. The van der Waals surface area contributed by atoms with E-state index in [-0.39, 0.29) is 0 Å². The van der Waals surface area contributed by atoms with Crippen LogP contribution in [0.3, 0.4) is 0 Å². The van der Waals surface area contributed by atoms with Crippen molar-refractivity contribution in [2.24, 2.45) is 5.73 Å². The first-order valence-corrected chi connectivity index (χ1v) is 5.76. The van der Waals surface area contributed by atoms with E-state index in [9.17, 15) is 0 Å². The fourth-order valence-corrected chi connectivity index (χ4v) is 2.58. The largest absolute Gasteiger partial charge is 0.327 e. The Bertz CT molecular complexity index is 340. The van der Waals surface area contributed by atoms with Crippen molar-refractivity contribution >= 4 is 11.6 Å². The number of nitrogens with two attached hydrogens (primary N) is 1. The van der Waals surface area contributed by atoms with Crippen molar-refractivity contribution in [3.63, 3.8) is 0 Å². The summed E-state index contributed by atoms with van der Waals surface area (Å²) in [4.78, 5) is 2.30. The average Bonchev–Trinajstić information content (AvgIpc) is 2.20. The number of piperidine rings is 1. The minimum atomic E-state index is 0.314. The smallest absolute Gasteiger partial charge is 0.0453 e. The second-order valence-corrected chi connectivity index (χ2v) is 4.72. The van der Waals surface area contributed by atoms with Crippen LogP contribution in [0, 0.1) is 0 Å². The van der Waals surface area contributed by atoms with Crippen molar-refractivity contribution in [1.29, 1.82) is 0 Å². The molecule has 1 saturated heterocycles. The van der Waals surface area contributed by atoms with Crippen LogP contribution in [0.15, 0.2) is 24.3 Å². The fraction of sp³-hybridized carbons (Fsp3) is 0.500. The van der Waals surface area contributed by atoms with Gasteiger partial charge in [-0.2, -0.15) is 0 Å². The zero-order valence-electron chi connectivity index (χ0n) is 8.99. The maximum Gasteiger partial charge on any atom is 0.0453 e. The van der Waals surface area contributed by atoms with E-state index < -0.39 is 0 Å². The van der Waals surface area contributed by atoms with Crippen molar-refractivity contribution in [2.75, 3.05) is 13.6 Å². The molecule has 1 aliphatic rings. The van der Waals surface area contributed by atoms with E-state index in [2.05, 4.69) is 18.0 Å². The van der Waals surface area contributed by atoms with Gasteiger partial charge in [-0.15, -0.1) is 0 Å². The minimum absolute atomic E-state index is 0.314. The molecule has 2 unspecified atom stereocenters. The van der Waals surface area contributed by atoms with Gasteiger partial charge < -0.3 is 5.73 Å². The van der Waals surface area contributed by atoms with Crippen LogP contribution in [0.5, 0.6) is 0 Å². The molecule has 1 aromatic carbocycles. The van der Waals surface area contributed by atoms with Crippen molar-refractivity contribution in [1.82, 2.24) is 4.90 Å². The molecule has 0 saturated carbocycles. The first-order chi connectivity index (χ1) is 7.18. The number of rotatable bonds is 1. The Labute approximate surface area is 96.0 Å². The summed E-state index contributed by atoms with van der Waals surface area (Å²) in [5.41, 5.74) is 7.16. The summed E-state index contributed by atoms with van der Waals surface area (Å²) in [6.45, 7) is 0.954. The molecule has 3 heteroatoms. The highest BCUT2D eigenvalue weighted by molar-refractivity contribution is 6.31. The Kier molecular flexibility index (Phi) is 3.29. The summed E-state index contributed by atoms with van der Waals surface area (Å²) in [6, 6.07) is 8.83. The van der Waals surface area contributed by atoms with Crippen LogP contribution in [0.1, 0.15) is 24.4 Å². The van der Waals surface area contributed by atoms with Crippen LogP contribution in [0.2, 0.25) is 5.02 Å². The molecule has 1 aliphatic heterocycles. The van der Waals surface area contributed by atoms with Crippen molar-refractivity contribution in [3.8, 4) is 0 Å². The number of likely N-dealkylation sites (N-methyl/N-ethyl adjacent to an activating group) is 1. The predicted molar refractivity (Wildman–Crippen MR) is 64.0 cm³/mol. The Balaban J connectivity index is 2.20. The number of halogens is 1. The molecule has 2 nitrogen and oxygen atoms in total. The molecule has 0 aromatic heterocycles. The average molecular weight is 225 g/mol. The van der Waals surface area contributed by atoms with Crippen LogP contribution >= 0.6 is 11.6 Å². The standard InChI is InChI=1S/C12H17ClN2/c1-15-8-9(14)6-7-12(15)10-4-2-3-5-11(10)13/h2-5,9,12H,6-8,14H2,1H3. The normalized spacial score (nSPS) is 27.9. The summed E-state index contributed by atoms with van der Waals surface area (Å²) in [5, 5.41) is 0.866. The van der Waals surface area contributed by atoms with Crippen LogP contribution in [0.4, 0.5) is 0 Å². The van der Waals surface area contributed by atoms with Gasteiger partial charge in [-0.05, 0) is 31.5 Å². The molecule has 2 atom stereocenters. The Morgan fingerprint density at radius 2 is 2.07 bits per heavy atom. The van der Waals surface area contributed by atoms with Gasteiger partial charge in [0.2, 0.25) is 0 Å². The third-order valence-electron chi connectivity index (χ3n) is 3.13. The van der Waals surface area contributed by atoms with Crippen LogP contribution < -0.4 is 5.73 Å². The predicted octanol–water partition coefficient (Wildman–Crippen LogP) is 2.43. The summed E-state index contributed by atoms with van der Waals surface area (Å²) < 4.78 is 0. The van der Waals surface area contributed by atoms with Gasteiger partial charge in [0.15, 0.2) is 0 Å². The van der Waals surface area contributed by atoms with Gasteiger partial charge in [0.25, 0.3) is 0 Å². The number of benzene rings is 1. The van der Waals surface area contributed by atoms with Gasteiger partial charge in [-0.25, -0.2) is 0 Å². The maximum atomic E-state index is 6.20. The van der Waals surface area contributed by atoms with Crippen LogP contribution in [-0.2, 0) is 0 Å². The van der Waals surface area contributed by atoms with Crippen LogP contribution in [-0.4, -0.2) is 24.5 Å². The molecule has 1 heterocycles. The summed E-state index contributed by atoms with van der Waals surface area (Å²) >= 11 is 6.20. The lowest BCUT2D eigenvalue weighted by atomic mass is 9.94. The summed E-state index contributed by atoms with van der Waals surface area (Å²) in [6.07, 6.45) is 2.18. The highest BCUT2D eigenvalue weighted by Gasteiger charge is 2.25. The van der Waals surface area contributed by atoms with E-state index in [0.29, 0.717) is 12.1 Å². The van der Waals surface area contributed by atoms with Gasteiger partial charge in [0.1, 0.15) is 0 Å². The molecule has 1 aromatic rings. The second kappa shape index (κ2) is 4.52. The van der Waals surface area contributed by atoms with E-state index in [1.54, 1.807) is 0 Å². The third kappa shape index (κ3) is 2.33. The molecule has 2 rings (SSSR count). The van der Waals surface area contributed by atoms with Crippen molar-refractivity contribution < 1.29 is 0 Å². The molecule has 82 valence electrons. The van der Waals surface area contributed by atoms with Gasteiger partial charge >= 0.3 is 0 Å². The Morgan fingerprint density at radius 3 is 2.73 bits per heavy atom. The Morgan fingerprint density at radius 1 is 1.33 bits per heavy atom. The van der Waals surface area contributed by atoms with Gasteiger partial charge in [0.05, 0.1) is 0 Å². The van der Waals surface area contributed by atoms with E-state index >= 15 is 0 Å². The maximum absolute atomic E-state index is 6.20. The molecule has 0 bridgehead atoms. The van der Waals surface area contributed by atoms with E-state index in [1.165, 1.54) is 5.56 Å². The third-order valence-corrected chi connectivity index (χ3v) is 3.47. The number of likely N-dealkylation sites (tertiary alicyclic amines) is 1. The van der Waals surface area contributed by atoms with E-state index in [1.807, 2.05) is 18.2 Å². The number of hydrogen-bond acceptors (Lipinski definition) is 2. The Hall–Kier alpha value is -0.570. The molecule has 0 aliphatic carbocycles. The lowest BCUT2D eigenvalue weighted by Gasteiger charge is -2.36. The lowest BCUT2D eigenvalue weighted by Crippen LogP contribution is -2.42. The first-order valence-electron chi connectivity index (χ1n) is 5.38. The molecule has 0 radical (unpaired) electrons. The molecule has 15 heavy (non-hydrogen) atoms. The zero-order chi connectivity index (χ0) is 10.8. The lowest BCUT2D eigenvalue weighted by molar-refractivity contribution is 0.170. The number of hydrogen-bond donors (Lipinski definition) is 1. The van der Waals surface area contributed by atoms with Gasteiger partial charge in [-0.1, -0.05) is 29.8 Å².